The number of non-ortho nitro benzene ring substituents is 1. The molecule has 2 aliphatic heterocycles. The lowest BCUT2D eigenvalue weighted by Crippen LogP contribution is -2.50. The first-order valence-corrected chi connectivity index (χ1v) is 11.7. The predicted molar refractivity (Wildman–Crippen MR) is 113 cm³/mol. The maximum Gasteiger partial charge on any atom is 0.270 e. The molecular weight excluding hydrogens is 410 g/mol. The van der Waals surface area contributed by atoms with E-state index < -0.39 is 14.9 Å². The molecule has 30 heavy (non-hydrogen) atoms. The van der Waals surface area contributed by atoms with Gasteiger partial charge in [0.1, 0.15) is 4.90 Å². The van der Waals surface area contributed by atoms with Crippen LogP contribution in [0.3, 0.4) is 0 Å². The number of anilines is 1. The van der Waals surface area contributed by atoms with Crippen molar-refractivity contribution in [3.05, 3.63) is 28.3 Å². The fourth-order valence-corrected chi connectivity index (χ4v) is 5.62. The first-order chi connectivity index (χ1) is 14.2. The Bertz CT molecular complexity index is 891. The summed E-state index contributed by atoms with van der Waals surface area (Å²) in [5, 5.41) is 14.1. The van der Waals surface area contributed by atoms with E-state index in [-0.39, 0.29) is 22.5 Å². The lowest BCUT2D eigenvalue weighted by molar-refractivity contribution is -0.385. The van der Waals surface area contributed by atoms with E-state index in [9.17, 15) is 23.3 Å². The number of nitrogens with zero attached hydrogens (tertiary/aromatic N) is 4. The molecule has 0 atom stereocenters. The van der Waals surface area contributed by atoms with Gasteiger partial charge in [0.05, 0.1) is 17.2 Å². The summed E-state index contributed by atoms with van der Waals surface area (Å²) in [6, 6.07) is 4.13. The smallest absolute Gasteiger partial charge is 0.270 e. The second-order valence-corrected chi connectivity index (χ2v) is 9.91. The van der Waals surface area contributed by atoms with Gasteiger partial charge in [-0.05, 0) is 32.8 Å². The molecule has 1 N–H and O–H groups in total. The van der Waals surface area contributed by atoms with Crippen LogP contribution in [0.25, 0.3) is 0 Å². The van der Waals surface area contributed by atoms with Crippen molar-refractivity contribution >= 4 is 27.3 Å². The molecule has 0 unspecified atom stereocenters. The molecule has 0 radical (unpaired) electrons. The van der Waals surface area contributed by atoms with Crippen LogP contribution in [-0.2, 0) is 14.8 Å². The summed E-state index contributed by atoms with van der Waals surface area (Å²) in [6.45, 7) is 7.26. The molecule has 1 aromatic carbocycles. The van der Waals surface area contributed by atoms with Crippen LogP contribution < -0.4 is 10.2 Å². The molecule has 1 amide bonds. The normalized spacial score (nSPS) is 18.7. The Labute approximate surface area is 177 Å². The third kappa shape index (κ3) is 5.08. The molecule has 0 bridgehead atoms. The second-order valence-electron chi connectivity index (χ2n) is 8.01. The van der Waals surface area contributed by atoms with Gasteiger partial charge < -0.3 is 10.2 Å². The summed E-state index contributed by atoms with van der Waals surface area (Å²) < 4.78 is 27.8. The zero-order valence-corrected chi connectivity index (χ0v) is 18.2. The molecule has 3 rings (SSSR count). The van der Waals surface area contributed by atoms with Crippen LogP contribution in [0.5, 0.6) is 0 Å². The van der Waals surface area contributed by atoms with Crippen LogP contribution in [-0.4, -0.2) is 80.3 Å². The van der Waals surface area contributed by atoms with Gasteiger partial charge in [0.15, 0.2) is 0 Å². The molecule has 2 saturated heterocycles. The number of rotatable bonds is 7. The van der Waals surface area contributed by atoms with Crippen molar-refractivity contribution < 1.29 is 18.1 Å². The van der Waals surface area contributed by atoms with Gasteiger partial charge in [0.2, 0.25) is 15.9 Å². The van der Waals surface area contributed by atoms with E-state index in [1.807, 2.05) is 23.6 Å². The van der Waals surface area contributed by atoms with Crippen molar-refractivity contribution in [1.29, 1.82) is 0 Å². The lowest BCUT2D eigenvalue weighted by Gasteiger charge is -2.36. The van der Waals surface area contributed by atoms with E-state index in [1.54, 1.807) is 0 Å². The fraction of sp³-hybridized carbons (Fsp3) is 0.632. The minimum Gasteiger partial charge on any atom is -0.368 e. The van der Waals surface area contributed by atoms with Crippen LogP contribution in [0, 0.1) is 10.1 Å². The highest BCUT2D eigenvalue weighted by atomic mass is 32.2. The van der Waals surface area contributed by atoms with Gasteiger partial charge in [0, 0.05) is 57.4 Å². The van der Waals surface area contributed by atoms with Gasteiger partial charge in [-0.1, -0.05) is 0 Å². The molecule has 2 heterocycles. The predicted octanol–water partition coefficient (Wildman–Crippen LogP) is 1.03. The fourth-order valence-electron chi connectivity index (χ4n) is 3.87. The third-order valence-electron chi connectivity index (χ3n) is 5.37. The Hall–Kier alpha value is -2.24. The Balaban J connectivity index is 1.79. The highest BCUT2D eigenvalue weighted by Crippen LogP contribution is 2.33. The number of carbonyl (C=O) groups is 1. The molecule has 0 aromatic heterocycles. The standard InChI is InChI=1S/C19H29N5O5S/c1-15(2)20-19(25)14-21-9-11-22(12-10-21)17-6-5-16(24(26)27)13-18(17)30(28,29)23-7-3-4-8-23/h5-6,13,15H,3-4,7-12,14H2,1-2H3,(H,20,25). The van der Waals surface area contributed by atoms with Crippen molar-refractivity contribution in [2.45, 2.75) is 37.6 Å². The molecule has 11 heteroatoms. The molecule has 166 valence electrons. The van der Waals surface area contributed by atoms with E-state index in [4.69, 9.17) is 0 Å². The van der Waals surface area contributed by atoms with Crippen LogP contribution in [0.4, 0.5) is 11.4 Å². The maximum atomic E-state index is 13.2. The summed E-state index contributed by atoms with van der Waals surface area (Å²) in [7, 11) is -3.81. The summed E-state index contributed by atoms with van der Waals surface area (Å²) >= 11 is 0. The van der Waals surface area contributed by atoms with Crippen molar-refractivity contribution in [3.63, 3.8) is 0 Å². The molecule has 2 fully saturated rings. The minimum absolute atomic E-state index is 0.00963. The number of piperazine rings is 1. The van der Waals surface area contributed by atoms with Crippen LogP contribution in [0.2, 0.25) is 0 Å². The van der Waals surface area contributed by atoms with Gasteiger partial charge >= 0.3 is 0 Å². The molecular formula is C19H29N5O5S. The molecule has 2 aliphatic rings. The quantitative estimate of drug-likeness (QED) is 0.498. The van der Waals surface area contributed by atoms with Crippen LogP contribution in [0.15, 0.2) is 23.1 Å². The average molecular weight is 440 g/mol. The zero-order valence-electron chi connectivity index (χ0n) is 17.4. The summed E-state index contributed by atoms with van der Waals surface area (Å²) in [6.07, 6.45) is 1.58. The monoisotopic (exact) mass is 439 g/mol. The third-order valence-corrected chi connectivity index (χ3v) is 7.29. The summed E-state index contributed by atoms with van der Waals surface area (Å²) in [4.78, 5) is 26.6. The van der Waals surface area contributed by atoms with E-state index in [1.165, 1.54) is 22.5 Å². The SMILES string of the molecule is CC(C)NC(=O)CN1CCN(c2ccc([N+](=O)[O-])cc2S(=O)(=O)N2CCCC2)CC1. The van der Waals surface area contributed by atoms with Gasteiger partial charge in [0.25, 0.3) is 5.69 Å². The molecule has 1 aromatic rings. The highest BCUT2D eigenvalue weighted by molar-refractivity contribution is 7.89. The van der Waals surface area contributed by atoms with Gasteiger partial charge in [-0.2, -0.15) is 4.31 Å². The number of nitro groups is 1. The number of benzene rings is 1. The number of nitrogens with one attached hydrogen (secondary N) is 1. The molecule has 0 aliphatic carbocycles. The summed E-state index contributed by atoms with van der Waals surface area (Å²) in [5.74, 6) is -0.0360. The number of hydrogen-bond donors (Lipinski definition) is 1. The molecule has 0 spiro atoms. The number of hydrogen-bond acceptors (Lipinski definition) is 7. The lowest BCUT2D eigenvalue weighted by atomic mass is 10.2. The van der Waals surface area contributed by atoms with Crippen molar-refractivity contribution in [1.82, 2.24) is 14.5 Å². The maximum absolute atomic E-state index is 13.2. The Morgan fingerprint density at radius 3 is 2.33 bits per heavy atom. The van der Waals surface area contributed by atoms with E-state index in [0.29, 0.717) is 51.5 Å². The first kappa shape index (κ1) is 22.4. The number of nitro benzene ring substituents is 1. The second kappa shape index (κ2) is 9.27. The summed E-state index contributed by atoms with van der Waals surface area (Å²) in [5.41, 5.74) is 0.249. The molecule has 0 saturated carbocycles. The first-order valence-electron chi connectivity index (χ1n) is 10.2. The van der Waals surface area contributed by atoms with Gasteiger partial charge in [-0.3, -0.25) is 19.8 Å². The van der Waals surface area contributed by atoms with Crippen molar-refractivity contribution in [3.8, 4) is 0 Å². The van der Waals surface area contributed by atoms with E-state index in [0.717, 1.165) is 12.8 Å². The van der Waals surface area contributed by atoms with Crippen molar-refractivity contribution in [2.75, 3.05) is 50.7 Å². The largest absolute Gasteiger partial charge is 0.368 e. The minimum atomic E-state index is -3.81. The van der Waals surface area contributed by atoms with E-state index >= 15 is 0 Å². The average Bonchev–Trinajstić information content (AvgIpc) is 3.23. The van der Waals surface area contributed by atoms with E-state index in [2.05, 4.69) is 5.32 Å². The Morgan fingerprint density at radius 1 is 1.13 bits per heavy atom. The van der Waals surface area contributed by atoms with Crippen LogP contribution >= 0.6 is 0 Å². The Morgan fingerprint density at radius 2 is 1.77 bits per heavy atom. The van der Waals surface area contributed by atoms with Gasteiger partial charge in [-0.15, -0.1) is 0 Å². The molecule has 10 nitrogen and oxygen atoms in total. The zero-order chi connectivity index (χ0) is 21.9. The van der Waals surface area contributed by atoms with Crippen molar-refractivity contribution in [2.24, 2.45) is 0 Å². The number of amides is 1. The number of sulfonamides is 1. The van der Waals surface area contributed by atoms with Gasteiger partial charge in [-0.25, -0.2) is 8.42 Å². The highest BCUT2D eigenvalue weighted by Gasteiger charge is 2.33. The number of carbonyl (C=O) groups excluding carboxylic acids is 1. The van der Waals surface area contributed by atoms with Crippen LogP contribution in [0.1, 0.15) is 26.7 Å². The Kier molecular flexibility index (Phi) is 6.94. The topological polar surface area (TPSA) is 116 Å².